The van der Waals surface area contributed by atoms with Gasteiger partial charge in [-0.05, 0) is 0 Å². The number of hydrogen-bond donors (Lipinski definition) is 4. The molecule has 0 spiro atoms. The maximum absolute atomic E-state index is 11.3. The number of rotatable bonds is 2. The van der Waals surface area contributed by atoms with Gasteiger partial charge in [0, 0.05) is 13.5 Å². The maximum atomic E-state index is 11.3. The summed E-state index contributed by atoms with van der Waals surface area (Å²) in [5, 5.41) is 18.9. The number of fused-ring (bicyclic) bond motifs is 1. The van der Waals surface area contributed by atoms with Crippen LogP contribution in [0.25, 0.3) is 11.2 Å². The Labute approximate surface area is 112 Å². The molecule has 0 aliphatic carbocycles. The first-order valence-corrected chi connectivity index (χ1v) is 6.20. The van der Waals surface area contributed by atoms with E-state index in [1.54, 1.807) is 11.6 Å². The molecule has 1 unspecified atom stereocenters. The van der Waals surface area contributed by atoms with Crippen molar-refractivity contribution < 1.29 is 14.9 Å². The van der Waals surface area contributed by atoms with Crippen molar-refractivity contribution in [2.75, 3.05) is 13.7 Å². The minimum Gasteiger partial charge on any atom is -0.394 e. The summed E-state index contributed by atoms with van der Waals surface area (Å²) in [4.78, 5) is 24.8. The van der Waals surface area contributed by atoms with Crippen LogP contribution in [0.15, 0.2) is 16.1 Å². The Morgan fingerprint density at radius 2 is 2.40 bits per heavy atom. The number of aliphatic hydroxyl groups excluding tert-OH is 2. The number of aliphatic hydroxyl groups is 2. The average molecular weight is 281 g/mol. The lowest BCUT2D eigenvalue weighted by molar-refractivity contribution is -0.0458. The summed E-state index contributed by atoms with van der Waals surface area (Å²) in [7, 11) is 1.59. The number of imidazole rings is 1. The molecule has 9 heteroatoms. The summed E-state index contributed by atoms with van der Waals surface area (Å²) in [6.07, 6.45) is -0.0521. The van der Waals surface area contributed by atoms with E-state index in [9.17, 15) is 9.90 Å². The van der Waals surface area contributed by atoms with Crippen LogP contribution in [0.3, 0.4) is 0 Å². The van der Waals surface area contributed by atoms with E-state index in [1.807, 2.05) is 0 Å². The predicted molar refractivity (Wildman–Crippen MR) is 67.8 cm³/mol. The summed E-state index contributed by atoms with van der Waals surface area (Å²) in [6.45, 7) is -0.256. The minimum atomic E-state index is -0.747. The first-order valence-electron chi connectivity index (χ1n) is 6.20. The number of aromatic nitrogens is 4. The molecule has 20 heavy (non-hydrogen) atoms. The molecule has 3 atom stereocenters. The standard InChI is InChI=1S/C11H15N5O4/c1-12-10-8-9(15-11(19)14-8)13-4-16(10)7-2-5(18)6(3-17)20-7/h4-7,17-18H,2-3H2,1H3,(H2,14,15,19)/t5-,6+,7?/m0/s1. The monoisotopic (exact) mass is 281 g/mol. The van der Waals surface area contributed by atoms with Gasteiger partial charge in [0.2, 0.25) is 0 Å². The van der Waals surface area contributed by atoms with Crippen molar-refractivity contribution in [1.82, 2.24) is 19.5 Å². The zero-order chi connectivity index (χ0) is 14.3. The third-order valence-corrected chi connectivity index (χ3v) is 3.39. The summed E-state index contributed by atoms with van der Waals surface area (Å²) in [5.74, 6) is 0. The van der Waals surface area contributed by atoms with E-state index in [1.165, 1.54) is 6.33 Å². The second kappa shape index (κ2) is 4.85. The Morgan fingerprint density at radius 1 is 1.60 bits per heavy atom. The summed E-state index contributed by atoms with van der Waals surface area (Å²) in [6, 6.07) is 0. The molecule has 2 aromatic rings. The molecule has 1 aliphatic rings. The largest absolute Gasteiger partial charge is 0.394 e. The van der Waals surface area contributed by atoms with Crippen LogP contribution < -0.4 is 11.2 Å². The van der Waals surface area contributed by atoms with E-state index in [0.29, 0.717) is 23.1 Å². The summed E-state index contributed by atoms with van der Waals surface area (Å²) < 4.78 is 7.20. The molecule has 0 aromatic carbocycles. The smallest absolute Gasteiger partial charge is 0.325 e. The zero-order valence-electron chi connectivity index (χ0n) is 10.8. The van der Waals surface area contributed by atoms with Crippen LogP contribution in [-0.4, -0.2) is 55.6 Å². The van der Waals surface area contributed by atoms with Gasteiger partial charge in [-0.2, -0.15) is 0 Å². The van der Waals surface area contributed by atoms with Crippen molar-refractivity contribution in [3.05, 3.63) is 22.3 Å². The van der Waals surface area contributed by atoms with Gasteiger partial charge in [0.25, 0.3) is 0 Å². The maximum Gasteiger partial charge on any atom is 0.325 e. The molecule has 4 N–H and O–H groups in total. The average Bonchev–Trinajstić information content (AvgIpc) is 2.99. The SMILES string of the molecule is CN=c1c2[nH]c(=O)[nH]c2ncn1C1C[C@H](O)[C@@H](CO)O1. The highest BCUT2D eigenvalue weighted by atomic mass is 16.5. The lowest BCUT2D eigenvalue weighted by Crippen LogP contribution is -2.27. The van der Waals surface area contributed by atoms with E-state index in [-0.39, 0.29) is 12.3 Å². The van der Waals surface area contributed by atoms with E-state index in [4.69, 9.17) is 9.84 Å². The van der Waals surface area contributed by atoms with Gasteiger partial charge in [0.1, 0.15) is 24.2 Å². The predicted octanol–water partition coefficient (Wildman–Crippen LogP) is -1.78. The van der Waals surface area contributed by atoms with Crippen LogP contribution in [0.1, 0.15) is 12.6 Å². The first kappa shape index (κ1) is 13.0. The van der Waals surface area contributed by atoms with Gasteiger partial charge < -0.3 is 19.9 Å². The fourth-order valence-electron chi connectivity index (χ4n) is 2.42. The van der Waals surface area contributed by atoms with E-state index < -0.39 is 18.4 Å². The van der Waals surface area contributed by atoms with Crippen molar-refractivity contribution in [3.63, 3.8) is 0 Å². The first-order chi connectivity index (χ1) is 9.63. The quantitative estimate of drug-likeness (QED) is 0.517. The fourth-order valence-corrected chi connectivity index (χ4v) is 2.42. The number of nitrogens with one attached hydrogen (secondary N) is 2. The van der Waals surface area contributed by atoms with Gasteiger partial charge in [-0.25, -0.2) is 9.78 Å². The van der Waals surface area contributed by atoms with Crippen molar-refractivity contribution in [2.24, 2.45) is 4.99 Å². The van der Waals surface area contributed by atoms with Crippen molar-refractivity contribution in [3.8, 4) is 0 Å². The second-order valence-corrected chi connectivity index (χ2v) is 4.62. The van der Waals surface area contributed by atoms with Crippen LogP contribution in [0.5, 0.6) is 0 Å². The van der Waals surface area contributed by atoms with Gasteiger partial charge in [0.05, 0.1) is 12.7 Å². The Kier molecular flexibility index (Phi) is 3.16. The molecule has 1 saturated heterocycles. The van der Waals surface area contributed by atoms with E-state index in [2.05, 4.69) is 19.9 Å². The van der Waals surface area contributed by atoms with Gasteiger partial charge >= 0.3 is 5.69 Å². The molecule has 0 saturated carbocycles. The third-order valence-electron chi connectivity index (χ3n) is 3.39. The molecule has 0 bridgehead atoms. The molecule has 108 valence electrons. The van der Waals surface area contributed by atoms with E-state index in [0.717, 1.165) is 0 Å². The molecule has 9 nitrogen and oxygen atoms in total. The third kappa shape index (κ3) is 1.96. The van der Waals surface area contributed by atoms with Crippen molar-refractivity contribution >= 4 is 11.2 Å². The lowest BCUT2D eigenvalue weighted by atomic mass is 10.2. The zero-order valence-corrected chi connectivity index (χ0v) is 10.8. The normalized spacial score (nSPS) is 27.6. The van der Waals surface area contributed by atoms with Crippen molar-refractivity contribution in [1.29, 1.82) is 0 Å². The van der Waals surface area contributed by atoms with Gasteiger partial charge in [-0.15, -0.1) is 0 Å². The highest BCUT2D eigenvalue weighted by Gasteiger charge is 2.34. The Morgan fingerprint density at radius 3 is 3.05 bits per heavy atom. The minimum absolute atomic E-state index is 0.256. The van der Waals surface area contributed by atoms with Crippen LogP contribution in [0, 0.1) is 0 Å². The fraction of sp³-hybridized carbons (Fsp3) is 0.545. The summed E-state index contributed by atoms with van der Waals surface area (Å²) >= 11 is 0. The lowest BCUT2D eigenvalue weighted by Gasteiger charge is -2.15. The van der Waals surface area contributed by atoms with Crippen LogP contribution in [0.2, 0.25) is 0 Å². The Hall–Kier alpha value is -1.97. The molecule has 3 rings (SSSR count). The second-order valence-electron chi connectivity index (χ2n) is 4.62. The number of aromatic amines is 2. The van der Waals surface area contributed by atoms with Gasteiger partial charge in [-0.1, -0.05) is 0 Å². The summed E-state index contributed by atoms with van der Waals surface area (Å²) in [5.41, 5.74) is 1.01. The topological polar surface area (TPSA) is 129 Å². The Bertz CT molecular complexity index is 745. The molecule has 1 fully saturated rings. The number of ether oxygens (including phenoxy) is 1. The molecular formula is C11H15N5O4. The van der Waals surface area contributed by atoms with Gasteiger partial charge in [-0.3, -0.25) is 14.5 Å². The highest BCUT2D eigenvalue weighted by molar-refractivity contribution is 5.67. The van der Waals surface area contributed by atoms with Gasteiger partial charge in [0.15, 0.2) is 11.1 Å². The molecule has 0 radical (unpaired) electrons. The number of nitrogens with zero attached hydrogens (tertiary/aromatic N) is 3. The highest BCUT2D eigenvalue weighted by Crippen LogP contribution is 2.27. The van der Waals surface area contributed by atoms with Crippen LogP contribution in [0.4, 0.5) is 0 Å². The van der Waals surface area contributed by atoms with Crippen LogP contribution in [-0.2, 0) is 4.74 Å². The Balaban J connectivity index is 2.11. The molecule has 1 aliphatic heterocycles. The number of hydrogen-bond acceptors (Lipinski definition) is 6. The molecule has 2 aromatic heterocycles. The number of H-pyrrole nitrogens is 2. The van der Waals surface area contributed by atoms with Crippen molar-refractivity contribution in [2.45, 2.75) is 24.9 Å². The molecule has 3 heterocycles. The van der Waals surface area contributed by atoms with Crippen LogP contribution >= 0.6 is 0 Å². The molecule has 0 amide bonds. The molecular weight excluding hydrogens is 266 g/mol. The van der Waals surface area contributed by atoms with E-state index >= 15 is 0 Å².